The van der Waals surface area contributed by atoms with E-state index in [4.69, 9.17) is 11.6 Å². The predicted octanol–water partition coefficient (Wildman–Crippen LogP) is 3.20. The maximum atomic E-state index is 12.8. The molecule has 1 aliphatic heterocycles. The zero-order valence-corrected chi connectivity index (χ0v) is 21.2. The van der Waals surface area contributed by atoms with Crippen LogP contribution in [0.3, 0.4) is 0 Å². The molecule has 10 heteroatoms. The Morgan fingerprint density at radius 1 is 1.16 bits per heavy atom. The molecule has 0 saturated carbocycles. The van der Waals surface area contributed by atoms with Gasteiger partial charge in [-0.3, -0.25) is 14.4 Å². The fourth-order valence-corrected chi connectivity index (χ4v) is 4.48. The van der Waals surface area contributed by atoms with Gasteiger partial charge in [-0.25, -0.2) is 14.6 Å². The number of anilines is 1. The predicted molar refractivity (Wildman–Crippen MR) is 141 cm³/mol. The second kappa shape index (κ2) is 10.7. The first-order valence-electron chi connectivity index (χ1n) is 12.2. The molecule has 1 saturated heterocycles. The highest BCUT2D eigenvalue weighted by molar-refractivity contribution is 6.04. The number of nitrogen functional groups attached to an aromatic ring is 1. The van der Waals surface area contributed by atoms with Gasteiger partial charge in [0.05, 0.1) is 6.04 Å². The van der Waals surface area contributed by atoms with Crippen LogP contribution in [0.15, 0.2) is 54.2 Å². The van der Waals surface area contributed by atoms with Crippen LogP contribution in [-0.4, -0.2) is 43.8 Å². The Morgan fingerprint density at radius 2 is 1.89 bits per heavy atom. The Morgan fingerprint density at radius 3 is 2.54 bits per heavy atom. The highest BCUT2D eigenvalue weighted by Crippen LogP contribution is 2.34. The molecule has 3 aromatic rings. The third-order valence-electron chi connectivity index (χ3n) is 6.31. The van der Waals surface area contributed by atoms with Crippen LogP contribution in [-0.2, 0) is 11.2 Å². The van der Waals surface area contributed by atoms with Gasteiger partial charge in [0, 0.05) is 29.9 Å². The van der Waals surface area contributed by atoms with Crippen LogP contribution in [0.4, 0.5) is 5.82 Å². The molecule has 0 spiro atoms. The van der Waals surface area contributed by atoms with Crippen molar-refractivity contribution in [3.63, 3.8) is 0 Å². The average Bonchev–Trinajstić information content (AvgIpc) is 3.48. The number of allylic oxidation sites excluding steroid dienone is 1. The second-order valence-electron chi connectivity index (χ2n) is 9.25. The summed E-state index contributed by atoms with van der Waals surface area (Å²) in [4.78, 5) is 48.4. The number of amides is 3. The van der Waals surface area contributed by atoms with E-state index in [1.54, 1.807) is 41.4 Å². The van der Waals surface area contributed by atoms with Crippen molar-refractivity contribution >= 4 is 23.5 Å². The number of pyridine rings is 1. The van der Waals surface area contributed by atoms with Gasteiger partial charge in [-0.2, -0.15) is 0 Å². The van der Waals surface area contributed by atoms with Crippen LogP contribution in [0.2, 0.25) is 0 Å². The molecule has 1 atom stereocenters. The van der Waals surface area contributed by atoms with Crippen molar-refractivity contribution in [3.8, 4) is 11.3 Å². The average molecular weight is 502 g/mol. The molecule has 10 nitrogen and oxygen atoms in total. The Balaban J connectivity index is 1.62. The molecule has 0 aliphatic carbocycles. The minimum absolute atomic E-state index is 0.0364. The van der Waals surface area contributed by atoms with Crippen molar-refractivity contribution in [3.05, 3.63) is 76.9 Å². The number of nitrogens with zero attached hydrogens (tertiary/aromatic N) is 4. The van der Waals surface area contributed by atoms with Crippen molar-refractivity contribution in [1.29, 1.82) is 0 Å². The molecular formula is C27H31N7O3. The first-order valence-corrected chi connectivity index (χ1v) is 12.2. The maximum absolute atomic E-state index is 12.8. The summed E-state index contributed by atoms with van der Waals surface area (Å²) in [6.45, 7) is 6.32. The summed E-state index contributed by atoms with van der Waals surface area (Å²) in [5, 5.41) is 2.79. The van der Waals surface area contributed by atoms with Crippen LogP contribution in [0.5, 0.6) is 0 Å². The quantitative estimate of drug-likeness (QED) is 0.334. The monoisotopic (exact) mass is 501 g/mol. The number of likely N-dealkylation sites (tertiary alicyclic amines) is 1. The number of carbonyl (C=O) groups is 3. The van der Waals surface area contributed by atoms with Gasteiger partial charge in [0.2, 0.25) is 5.91 Å². The van der Waals surface area contributed by atoms with Gasteiger partial charge in [-0.1, -0.05) is 24.6 Å². The first-order chi connectivity index (χ1) is 17.7. The highest BCUT2D eigenvalue weighted by atomic mass is 16.2. The van der Waals surface area contributed by atoms with Gasteiger partial charge in [-0.15, -0.1) is 0 Å². The summed E-state index contributed by atoms with van der Waals surface area (Å²) >= 11 is 0. The van der Waals surface area contributed by atoms with Gasteiger partial charge in [0.15, 0.2) is 11.5 Å². The van der Waals surface area contributed by atoms with Crippen molar-refractivity contribution in [1.82, 2.24) is 19.5 Å². The van der Waals surface area contributed by atoms with E-state index in [1.165, 1.54) is 4.68 Å². The Hall–Kier alpha value is -4.47. The Labute approximate surface area is 215 Å². The smallest absolute Gasteiger partial charge is 0.269 e. The minimum Gasteiger partial charge on any atom is -0.364 e. The SMILES string of the molecule is CCc1ccnc(NC(=O)c2ccc(-c3nc(C4CCCN4C(=O)C=C(C)C)n(N)c3C(N)=O)cc2)c1. The van der Waals surface area contributed by atoms with E-state index in [2.05, 4.69) is 15.3 Å². The molecule has 3 amide bonds. The normalized spacial score (nSPS) is 14.9. The number of carbonyl (C=O) groups excluding carboxylic acids is 3. The standard InChI is InChI=1S/C27H31N7O3/c1-4-17-11-12-30-21(15-17)31-27(37)19-9-7-18(8-10-19)23-24(25(28)36)34(29)26(32-23)20-6-5-13-33(20)22(35)14-16(2)3/h7-12,14-15,20H,4-6,13,29H2,1-3H3,(H2,28,36)(H,30,31,37). The molecule has 0 radical (unpaired) electrons. The van der Waals surface area contributed by atoms with E-state index in [0.29, 0.717) is 41.4 Å². The number of aryl methyl sites for hydroxylation is 1. The number of hydrogen-bond acceptors (Lipinski definition) is 6. The van der Waals surface area contributed by atoms with Crippen LogP contribution in [0.25, 0.3) is 11.3 Å². The number of rotatable bonds is 7. The molecule has 1 unspecified atom stereocenters. The van der Waals surface area contributed by atoms with E-state index in [-0.39, 0.29) is 23.6 Å². The van der Waals surface area contributed by atoms with Gasteiger partial charge in [-0.05, 0) is 62.9 Å². The number of aromatic nitrogens is 3. The van der Waals surface area contributed by atoms with E-state index >= 15 is 0 Å². The lowest BCUT2D eigenvalue weighted by Crippen LogP contribution is -2.33. The lowest BCUT2D eigenvalue weighted by atomic mass is 10.1. The summed E-state index contributed by atoms with van der Waals surface area (Å²) in [6, 6.07) is 9.98. The van der Waals surface area contributed by atoms with E-state index in [9.17, 15) is 14.4 Å². The molecule has 2 aromatic heterocycles. The van der Waals surface area contributed by atoms with Crippen molar-refractivity contribution in [2.75, 3.05) is 17.7 Å². The number of nitrogens with one attached hydrogen (secondary N) is 1. The topological polar surface area (TPSA) is 149 Å². The summed E-state index contributed by atoms with van der Waals surface area (Å²) in [6.07, 6.45) is 5.53. The summed E-state index contributed by atoms with van der Waals surface area (Å²) in [5.41, 5.74) is 8.95. The molecule has 1 aliphatic rings. The molecule has 192 valence electrons. The molecule has 1 fully saturated rings. The number of nitrogens with two attached hydrogens (primary N) is 2. The van der Waals surface area contributed by atoms with Gasteiger partial charge in [0.25, 0.3) is 11.8 Å². The van der Waals surface area contributed by atoms with Gasteiger partial charge >= 0.3 is 0 Å². The third kappa shape index (κ3) is 5.37. The van der Waals surface area contributed by atoms with Crippen molar-refractivity contribution in [2.45, 2.75) is 46.1 Å². The Kier molecular flexibility index (Phi) is 7.37. The lowest BCUT2D eigenvalue weighted by molar-refractivity contribution is -0.127. The van der Waals surface area contributed by atoms with Crippen LogP contribution in [0.1, 0.15) is 71.9 Å². The molecule has 1 aromatic carbocycles. The third-order valence-corrected chi connectivity index (χ3v) is 6.31. The fourth-order valence-electron chi connectivity index (χ4n) is 4.48. The number of benzene rings is 1. The fraction of sp³-hybridized carbons (Fsp3) is 0.296. The zero-order valence-electron chi connectivity index (χ0n) is 21.2. The minimum atomic E-state index is -0.736. The van der Waals surface area contributed by atoms with E-state index in [0.717, 1.165) is 24.0 Å². The van der Waals surface area contributed by atoms with Gasteiger partial charge < -0.3 is 21.8 Å². The number of hydrogen-bond donors (Lipinski definition) is 3. The molecule has 5 N–H and O–H groups in total. The highest BCUT2D eigenvalue weighted by Gasteiger charge is 2.35. The molecule has 3 heterocycles. The Bertz CT molecular complexity index is 1370. The number of primary amides is 1. The summed E-state index contributed by atoms with van der Waals surface area (Å²) < 4.78 is 1.18. The molecular weight excluding hydrogens is 470 g/mol. The van der Waals surface area contributed by atoms with Crippen LogP contribution >= 0.6 is 0 Å². The lowest BCUT2D eigenvalue weighted by Gasteiger charge is -2.23. The van der Waals surface area contributed by atoms with E-state index in [1.807, 2.05) is 32.9 Å². The maximum Gasteiger partial charge on any atom is 0.269 e. The molecule has 0 bridgehead atoms. The largest absolute Gasteiger partial charge is 0.364 e. The van der Waals surface area contributed by atoms with Crippen molar-refractivity contribution in [2.24, 2.45) is 5.73 Å². The summed E-state index contributed by atoms with van der Waals surface area (Å²) in [5.74, 6) is 5.99. The van der Waals surface area contributed by atoms with Crippen molar-refractivity contribution < 1.29 is 14.4 Å². The number of imidazole rings is 1. The first kappa shape index (κ1) is 25.6. The molecule has 37 heavy (non-hydrogen) atoms. The van der Waals surface area contributed by atoms with Crippen LogP contribution < -0.4 is 16.9 Å². The van der Waals surface area contributed by atoms with Gasteiger partial charge in [0.1, 0.15) is 11.5 Å². The summed E-state index contributed by atoms with van der Waals surface area (Å²) in [7, 11) is 0. The van der Waals surface area contributed by atoms with Crippen LogP contribution in [0, 0.1) is 0 Å². The zero-order chi connectivity index (χ0) is 26.7. The molecule has 4 rings (SSSR count). The van der Waals surface area contributed by atoms with E-state index < -0.39 is 5.91 Å². The second-order valence-corrected chi connectivity index (χ2v) is 9.25.